The van der Waals surface area contributed by atoms with Crippen molar-refractivity contribution >= 4 is 11.8 Å². The molecule has 0 saturated carbocycles. The molecule has 2 heterocycles. The van der Waals surface area contributed by atoms with Crippen LogP contribution in [0.15, 0.2) is 0 Å². The predicted octanol–water partition coefficient (Wildman–Crippen LogP) is -1.24. The highest BCUT2D eigenvalue weighted by molar-refractivity contribution is 5.85. The van der Waals surface area contributed by atoms with Gasteiger partial charge in [-0.3, -0.25) is 14.5 Å². The lowest BCUT2D eigenvalue weighted by molar-refractivity contribution is -0.131. The fraction of sp³-hybridized carbons (Fsp3) is 0.833. The van der Waals surface area contributed by atoms with Crippen molar-refractivity contribution in [3.05, 3.63) is 0 Å². The van der Waals surface area contributed by atoms with Gasteiger partial charge in [-0.15, -0.1) is 0 Å². The number of nitrogens with zero attached hydrogens (tertiary/aromatic N) is 2. The van der Waals surface area contributed by atoms with Crippen LogP contribution < -0.4 is 11.1 Å². The average molecular weight is 254 g/mol. The van der Waals surface area contributed by atoms with Gasteiger partial charge in [0, 0.05) is 19.1 Å². The summed E-state index contributed by atoms with van der Waals surface area (Å²) in [5.74, 6) is -0.280. The lowest BCUT2D eigenvalue weighted by Crippen LogP contribution is -2.42. The van der Waals surface area contributed by atoms with Crippen LogP contribution in [0.2, 0.25) is 0 Å². The third-order valence-electron chi connectivity index (χ3n) is 3.80. The Labute approximate surface area is 107 Å². The van der Waals surface area contributed by atoms with E-state index in [9.17, 15) is 9.59 Å². The second kappa shape index (κ2) is 6.15. The summed E-state index contributed by atoms with van der Waals surface area (Å²) in [6.45, 7) is 3.94. The van der Waals surface area contributed by atoms with Crippen LogP contribution >= 0.6 is 0 Å². The molecular formula is C12H22N4O2. The van der Waals surface area contributed by atoms with Crippen molar-refractivity contribution in [1.82, 2.24) is 15.1 Å². The Bertz CT molecular complexity index is 315. The van der Waals surface area contributed by atoms with E-state index in [0.29, 0.717) is 6.04 Å². The lowest BCUT2D eigenvalue weighted by atomic mass is 10.2. The molecule has 0 aromatic heterocycles. The smallest absolute Gasteiger partial charge is 0.242 e. The van der Waals surface area contributed by atoms with Crippen LogP contribution in [0.25, 0.3) is 0 Å². The number of likely N-dealkylation sites (tertiary alicyclic amines) is 2. The molecule has 18 heavy (non-hydrogen) atoms. The number of hydrogen-bond donors (Lipinski definition) is 2. The van der Waals surface area contributed by atoms with Crippen LogP contribution in [-0.2, 0) is 9.59 Å². The van der Waals surface area contributed by atoms with E-state index in [4.69, 9.17) is 5.73 Å². The number of hydrogen-bond acceptors (Lipinski definition) is 4. The molecule has 2 rings (SSSR count). The van der Waals surface area contributed by atoms with Crippen LogP contribution in [0, 0.1) is 0 Å². The van der Waals surface area contributed by atoms with Crippen molar-refractivity contribution in [3.63, 3.8) is 0 Å². The highest BCUT2D eigenvalue weighted by atomic mass is 16.2. The van der Waals surface area contributed by atoms with E-state index in [1.165, 1.54) is 12.8 Å². The van der Waals surface area contributed by atoms with Crippen LogP contribution in [0.1, 0.15) is 19.3 Å². The lowest BCUT2D eigenvalue weighted by Gasteiger charge is -2.23. The quantitative estimate of drug-likeness (QED) is 0.657. The molecule has 6 heteroatoms. The summed E-state index contributed by atoms with van der Waals surface area (Å²) in [7, 11) is 0. The Balaban J connectivity index is 1.74. The monoisotopic (exact) mass is 254 g/mol. The van der Waals surface area contributed by atoms with Crippen LogP contribution in [0.4, 0.5) is 0 Å². The van der Waals surface area contributed by atoms with Gasteiger partial charge in [0.2, 0.25) is 11.8 Å². The summed E-state index contributed by atoms with van der Waals surface area (Å²) in [5, 5.41) is 2.52. The maximum atomic E-state index is 11.9. The van der Waals surface area contributed by atoms with Gasteiger partial charge in [-0.1, -0.05) is 0 Å². The second-order valence-electron chi connectivity index (χ2n) is 5.01. The number of rotatable bonds is 4. The normalized spacial score (nSPS) is 24.5. The fourth-order valence-electron chi connectivity index (χ4n) is 2.73. The molecule has 2 aliphatic heterocycles. The summed E-state index contributed by atoms with van der Waals surface area (Å²) in [4.78, 5) is 27.2. The van der Waals surface area contributed by atoms with E-state index in [1.54, 1.807) is 0 Å². The number of carbonyl (C=O) groups excluding carboxylic acids is 2. The Morgan fingerprint density at radius 1 is 1.22 bits per heavy atom. The van der Waals surface area contributed by atoms with Crippen LogP contribution in [-0.4, -0.2) is 66.9 Å². The standard InChI is InChI=1S/C12H22N4O2/c13-7-11(17)14-8-12(18)16-6-3-10(9-16)15-4-1-2-5-15/h10H,1-9,13H2,(H,14,17). The van der Waals surface area contributed by atoms with Gasteiger partial charge < -0.3 is 16.0 Å². The number of amides is 2. The molecule has 0 spiro atoms. The largest absolute Gasteiger partial charge is 0.346 e. The fourth-order valence-corrected chi connectivity index (χ4v) is 2.73. The van der Waals surface area contributed by atoms with Gasteiger partial charge in [0.15, 0.2) is 0 Å². The third-order valence-corrected chi connectivity index (χ3v) is 3.80. The summed E-state index contributed by atoms with van der Waals surface area (Å²) in [6.07, 6.45) is 3.60. The number of nitrogens with two attached hydrogens (primary N) is 1. The highest BCUT2D eigenvalue weighted by Gasteiger charge is 2.31. The maximum absolute atomic E-state index is 11.9. The van der Waals surface area contributed by atoms with Crippen molar-refractivity contribution in [2.75, 3.05) is 39.3 Å². The molecule has 0 aromatic carbocycles. The molecule has 3 N–H and O–H groups in total. The van der Waals surface area contributed by atoms with Gasteiger partial charge in [-0.05, 0) is 32.4 Å². The van der Waals surface area contributed by atoms with Gasteiger partial charge >= 0.3 is 0 Å². The minimum atomic E-state index is -0.279. The summed E-state index contributed by atoms with van der Waals surface area (Å²) in [6, 6.07) is 0.515. The van der Waals surface area contributed by atoms with E-state index in [0.717, 1.165) is 32.6 Å². The molecule has 2 amide bonds. The molecule has 2 saturated heterocycles. The Morgan fingerprint density at radius 3 is 2.61 bits per heavy atom. The Hall–Kier alpha value is -1.14. The zero-order valence-electron chi connectivity index (χ0n) is 10.7. The van der Waals surface area contributed by atoms with Crippen molar-refractivity contribution < 1.29 is 9.59 Å². The summed E-state index contributed by atoms with van der Waals surface area (Å²) < 4.78 is 0. The molecule has 1 unspecified atom stereocenters. The van der Waals surface area contributed by atoms with Crippen molar-refractivity contribution in [2.45, 2.75) is 25.3 Å². The zero-order valence-corrected chi connectivity index (χ0v) is 10.7. The van der Waals surface area contributed by atoms with E-state index in [1.807, 2.05) is 4.90 Å². The molecule has 6 nitrogen and oxygen atoms in total. The molecule has 0 radical (unpaired) electrons. The van der Waals surface area contributed by atoms with E-state index >= 15 is 0 Å². The Kier molecular flexibility index (Phi) is 4.54. The molecular weight excluding hydrogens is 232 g/mol. The minimum absolute atomic E-state index is 0.00139. The first-order valence-corrected chi connectivity index (χ1v) is 6.69. The first-order valence-electron chi connectivity index (χ1n) is 6.69. The van der Waals surface area contributed by atoms with Crippen LogP contribution in [0.3, 0.4) is 0 Å². The molecule has 102 valence electrons. The van der Waals surface area contributed by atoms with Crippen molar-refractivity contribution in [2.24, 2.45) is 5.73 Å². The highest BCUT2D eigenvalue weighted by Crippen LogP contribution is 2.20. The van der Waals surface area contributed by atoms with Gasteiger partial charge in [0.05, 0.1) is 13.1 Å². The van der Waals surface area contributed by atoms with Gasteiger partial charge in [-0.2, -0.15) is 0 Å². The third kappa shape index (κ3) is 3.20. The first kappa shape index (κ1) is 13.3. The predicted molar refractivity (Wildman–Crippen MR) is 67.9 cm³/mol. The second-order valence-corrected chi connectivity index (χ2v) is 5.01. The van der Waals surface area contributed by atoms with Gasteiger partial charge in [0.1, 0.15) is 0 Å². The van der Waals surface area contributed by atoms with Gasteiger partial charge in [0.25, 0.3) is 0 Å². The van der Waals surface area contributed by atoms with Crippen LogP contribution in [0.5, 0.6) is 0 Å². The molecule has 0 bridgehead atoms. The zero-order chi connectivity index (χ0) is 13.0. The van der Waals surface area contributed by atoms with E-state index in [-0.39, 0.29) is 24.9 Å². The van der Waals surface area contributed by atoms with Crippen molar-refractivity contribution in [1.29, 1.82) is 0 Å². The molecule has 1 atom stereocenters. The SMILES string of the molecule is NCC(=O)NCC(=O)N1CCC(N2CCCC2)C1. The number of carbonyl (C=O) groups is 2. The molecule has 2 aliphatic rings. The van der Waals surface area contributed by atoms with Gasteiger partial charge in [-0.25, -0.2) is 0 Å². The summed E-state index contributed by atoms with van der Waals surface area (Å²) in [5.41, 5.74) is 5.17. The molecule has 0 aromatic rings. The van der Waals surface area contributed by atoms with E-state index in [2.05, 4.69) is 10.2 Å². The first-order chi connectivity index (χ1) is 8.70. The Morgan fingerprint density at radius 2 is 1.94 bits per heavy atom. The summed E-state index contributed by atoms with van der Waals surface area (Å²) >= 11 is 0. The topological polar surface area (TPSA) is 78.7 Å². The molecule has 2 fully saturated rings. The maximum Gasteiger partial charge on any atom is 0.242 e. The molecule has 0 aliphatic carbocycles. The number of nitrogens with one attached hydrogen (secondary N) is 1. The van der Waals surface area contributed by atoms with Crippen molar-refractivity contribution in [3.8, 4) is 0 Å². The average Bonchev–Trinajstić information content (AvgIpc) is 3.04. The van der Waals surface area contributed by atoms with E-state index < -0.39 is 0 Å². The minimum Gasteiger partial charge on any atom is -0.346 e.